The molecule has 0 saturated heterocycles. The van der Waals surface area contributed by atoms with E-state index in [0.717, 1.165) is 11.1 Å². The Labute approximate surface area is 87.1 Å². The zero-order chi connectivity index (χ0) is 11.6. The van der Waals surface area contributed by atoms with Crippen LogP contribution in [-0.4, -0.2) is 6.18 Å². The molecule has 0 saturated carbocycles. The van der Waals surface area contributed by atoms with Gasteiger partial charge in [0.15, 0.2) is 0 Å². The zero-order valence-electron chi connectivity index (χ0n) is 8.73. The van der Waals surface area contributed by atoms with E-state index in [2.05, 4.69) is 0 Å². The second-order valence-electron chi connectivity index (χ2n) is 3.77. The minimum atomic E-state index is -4.21. The van der Waals surface area contributed by atoms with Gasteiger partial charge in [-0.15, -0.1) is 0 Å². The molecule has 1 nitrogen and oxygen atoms in total. The van der Waals surface area contributed by atoms with E-state index in [-0.39, 0.29) is 0 Å². The molecule has 0 aliphatic carbocycles. The molecule has 0 aliphatic heterocycles. The molecule has 15 heavy (non-hydrogen) atoms. The Balaban J connectivity index is 2.83. The van der Waals surface area contributed by atoms with Gasteiger partial charge in [0.25, 0.3) is 0 Å². The van der Waals surface area contributed by atoms with Gasteiger partial charge in [0, 0.05) is 6.04 Å². The maximum atomic E-state index is 12.1. The van der Waals surface area contributed by atoms with Crippen molar-refractivity contribution in [2.45, 2.75) is 32.5 Å². The monoisotopic (exact) mass is 217 g/mol. The van der Waals surface area contributed by atoms with Gasteiger partial charge in [-0.1, -0.05) is 18.2 Å². The Bertz CT molecular complexity index is 344. The normalized spacial score (nSPS) is 14.0. The van der Waals surface area contributed by atoms with Crippen LogP contribution in [0.5, 0.6) is 0 Å². The summed E-state index contributed by atoms with van der Waals surface area (Å²) < 4.78 is 36.3. The van der Waals surface area contributed by atoms with Crippen molar-refractivity contribution in [1.29, 1.82) is 0 Å². The highest BCUT2D eigenvalue weighted by Crippen LogP contribution is 2.28. The molecule has 1 aromatic rings. The number of alkyl halides is 3. The zero-order valence-corrected chi connectivity index (χ0v) is 8.73. The topological polar surface area (TPSA) is 26.0 Å². The summed E-state index contributed by atoms with van der Waals surface area (Å²) in [5, 5.41) is 0. The van der Waals surface area contributed by atoms with E-state index in [1.807, 2.05) is 13.8 Å². The first-order valence-electron chi connectivity index (χ1n) is 4.69. The minimum absolute atomic E-state index is 0.537. The SMILES string of the molecule is Cc1ccc([C@@H](N)CC(F)(F)F)cc1C. The summed E-state index contributed by atoms with van der Waals surface area (Å²) >= 11 is 0. The van der Waals surface area contributed by atoms with Gasteiger partial charge in [-0.05, 0) is 30.5 Å². The summed E-state index contributed by atoms with van der Waals surface area (Å²) in [7, 11) is 0. The Hall–Kier alpha value is -1.03. The second-order valence-corrected chi connectivity index (χ2v) is 3.77. The summed E-state index contributed by atoms with van der Waals surface area (Å²) in [6.07, 6.45) is -5.19. The van der Waals surface area contributed by atoms with Crippen LogP contribution in [0.1, 0.15) is 29.2 Å². The van der Waals surface area contributed by atoms with Gasteiger partial charge in [-0.2, -0.15) is 13.2 Å². The van der Waals surface area contributed by atoms with Crippen LogP contribution in [0, 0.1) is 13.8 Å². The van der Waals surface area contributed by atoms with E-state index in [1.54, 1.807) is 18.2 Å². The van der Waals surface area contributed by atoms with E-state index in [0.29, 0.717) is 5.56 Å². The van der Waals surface area contributed by atoms with Crippen molar-refractivity contribution in [3.8, 4) is 0 Å². The summed E-state index contributed by atoms with van der Waals surface area (Å²) in [6, 6.07) is 4.19. The number of hydrogen-bond donors (Lipinski definition) is 1. The van der Waals surface area contributed by atoms with Crippen LogP contribution < -0.4 is 5.73 Å². The molecule has 1 rings (SSSR count). The van der Waals surface area contributed by atoms with Crippen molar-refractivity contribution in [2.75, 3.05) is 0 Å². The molecule has 0 aliphatic rings. The first kappa shape index (κ1) is 12.0. The quantitative estimate of drug-likeness (QED) is 0.808. The van der Waals surface area contributed by atoms with Crippen LogP contribution in [-0.2, 0) is 0 Å². The smallest absolute Gasteiger partial charge is 0.324 e. The average Bonchev–Trinajstić information content (AvgIpc) is 2.06. The van der Waals surface area contributed by atoms with Crippen molar-refractivity contribution in [2.24, 2.45) is 5.73 Å². The van der Waals surface area contributed by atoms with Crippen molar-refractivity contribution >= 4 is 0 Å². The summed E-state index contributed by atoms with van der Waals surface area (Å²) in [4.78, 5) is 0. The standard InChI is InChI=1S/C11H14F3N/c1-7-3-4-9(5-8(7)2)10(15)6-11(12,13)14/h3-5,10H,6,15H2,1-2H3/t10-/m0/s1. The fourth-order valence-corrected chi connectivity index (χ4v) is 1.36. The number of halogens is 3. The Morgan fingerprint density at radius 1 is 1.20 bits per heavy atom. The van der Waals surface area contributed by atoms with Crippen LogP contribution >= 0.6 is 0 Å². The lowest BCUT2D eigenvalue weighted by Crippen LogP contribution is -2.20. The van der Waals surface area contributed by atoms with E-state index in [1.165, 1.54) is 0 Å². The van der Waals surface area contributed by atoms with E-state index in [4.69, 9.17) is 5.73 Å². The molecule has 0 aromatic heterocycles. The molecular weight excluding hydrogens is 203 g/mol. The lowest BCUT2D eigenvalue weighted by Gasteiger charge is -2.15. The van der Waals surface area contributed by atoms with Gasteiger partial charge in [0.2, 0.25) is 0 Å². The Morgan fingerprint density at radius 3 is 2.27 bits per heavy atom. The molecule has 0 heterocycles. The molecule has 0 amide bonds. The molecule has 0 unspecified atom stereocenters. The van der Waals surface area contributed by atoms with Crippen LogP contribution in [0.2, 0.25) is 0 Å². The van der Waals surface area contributed by atoms with Crippen molar-refractivity contribution in [1.82, 2.24) is 0 Å². The highest BCUT2D eigenvalue weighted by atomic mass is 19.4. The summed E-state index contributed by atoms with van der Waals surface area (Å²) in [6.45, 7) is 3.77. The van der Waals surface area contributed by atoms with Crippen molar-refractivity contribution in [3.05, 3.63) is 34.9 Å². The van der Waals surface area contributed by atoms with Gasteiger partial charge < -0.3 is 5.73 Å². The van der Waals surface area contributed by atoms with E-state index in [9.17, 15) is 13.2 Å². The van der Waals surface area contributed by atoms with E-state index < -0.39 is 18.6 Å². The third-order valence-electron chi connectivity index (χ3n) is 2.41. The highest BCUT2D eigenvalue weighted by molar-refractivity contribution is 5.31. The second kappa shape index (κ2) is 4.23. The number of benzene rings is 1. The third-order valence-corrected chi connectivity index (χ3v) is 2.41. The van der Waals surface area contributed by atoms with Crippen LogP contribution in [0.4, 0.5) is 13.2 Å². The van der Waals surface area contributed by atoms with Gasteiger partial charge >= 0.3 is 6.18 Å². The maximum Gasteiger partial charge on any atom is 0.390 e. The molecule has 4 heteroatoms. The Kier molecular flexibility index (Phi) is 3.39. The molecule has 1 atom stereocenters. The maximum absolute atomic E-state index is 12.1. The van der Waals surface area contributed by atoms with Crippen LogP contribution in [0.25, 0.3) is 0 Å². The van der Waals surface area contributed by atoms with Crippen molar-refractivity contribution in [3.63, 3.8) is 0 Å². The fraction of sp³-hybridized carbons (Fsp3) is 0.455. The minimum Gasteiger partial charge on any atom is -0.324 e. The molecule has 1 aromatic carbocycles. The Morgan fingerprint density at radius 2 is 1.80 bits per heavy atom. The largest absolute Gasteiger partial charge is 0.390 e. The van der Waals surface area contributed by atoms with Gasteiger partial charge in [0.1, 0.15) is 0 Å². The van der Waals surface area contributed by atoms with E-state index >= 15 is 0 Å². The molecule has 0 bridgehead atoms. The average molecular weight is 217 g/mol. The summed E-state index contributed by atoms with van der Waals surface area (Å²) in [5.74, 6) is 0. The number of nitrogens with two attached hydrogens (primary N) is 1. The molecule has 0 spiro atoms. The number of hydrogen-bond acceptors (Lipinski definition) is 1. The lowest BCUT2D eigenvalue weighted by atomic mass is 9.99. The van der Waals surface area contributed by atoms with Crippen molar-refractivity contribution < 1.29 is 13.2 Å². The first-order valence-corrected chi connectivity index (χ1v) is 4.69. The van der Waals surface area contributed by atoms with Gasteiger partial charge in [-0.3, -0.25) is 0 Å². The molecule has 0 fully saturated rings. The van der Waals surface area contributed by atoms with Gasteiger partial charge in [0.05, 0.1) is 6.42 Å². The molecule has 0 radical (unpaired) electrons. The summed E-state index contributed by atoms with van der Waals surface area (Å²) in [5.41, 5.74) is 8.03. The lowest BCUT2D eigenvalue weighted by molar-refractivity contribution is -0.138. The predicted octanol–water partition coefficient (Wildman–Crippen LogP) is 3.26. The first-order chi connectivity index (χ1) is 6.79. The van der Waals surface area contributed by atoms with Gasteiger partial charge in [-0.25, -0.2) is 0 Å². The highest BCUT2D eigenvalue weighted by Gasteiger charge is 2.30. The predicted molar refractivity (Wildman–Crippen MR) is 53.5 cm³/mol. The fourth-order valence-electron chi connectivity index (χ4n) is 1.36. The van der Waals surface area contributed by atoms with Crippen LogP contribution in [0.15, 0.2) is 18.2 Å². The molecular formula is C11H14F3N. The number of rotatable bonds is 2. The molecule has 84 valence electrons. The third kappa shape index (κ3) is 3.55. The number of aryl methyl sites for hydroxylation is 2. The van der Waals surface area contributed by atoms with Crippen LogP contribution in [0.3, 0.4) is 0 Å². The molecule has 2 N–H and O–H groups in total.